The second-order valence-electron chi connectivity index (χ2n) is 7.17. The Balaban J connectivity index is 1.47. The van der Waals surface area contributed by atoms with Crippen molar-refractivity contribution in [3.63, 3.8) is 0 Å². The Kier molecular flexibility index (Phi) is 6.07. The first-order chi connectivity index (χ1) is 15.9. The van der Waals surface area contributed by atoms with Crippen LogP contribution in [0.3, 0.4) is 0 Å². The number of ether oxygens (including phenoxy) is 2. The zero-order valence-electron chi connectivity index (χ0n) is 17.2. The molecule has 1 unspecified atom stereocenters. The molecule has 0 fully saturated rings. The minimum atomic E-state index is -1.17. The van der Waals surface area contributed by atoms with Crippen molar-refractivity contribution in [1.29, 1.82) is 0 Å². The summed E-state index contributed by atoms with van der Waals surface area (Å²) in [6.45, 7) is 0.399. The van der Waals surface area contributed by atoms with E-state index < -0.39 is 22.9 Å². The lowest BCUT2D eigenvalue weighted by atomic mass is 10.1. The van der Waals surface area contributed by atoms with Gasteiger partial charge in [0.15, 0.2) is 11.5 Å². The average Bonchev–Trinajstić information content (AvgIpc) is 2.82. The van der Waals surface area contributed by atoms with Gasteiger partial charge in [-0.3, -0.25) is 14.9 Å². The van der Waals surface area contributed by atoms with Gasteiger partial charge in [-0.25, -0.2) is 4.79 Å². The van der Waals surface area contributed by atoms with Crippen LogP contribution in [-0.4, -0.2) is 41.2 Å². The Hall–Kier alpha value is -4.60. The zero-order valence-corrected chi connectivity index (χ0v) is 17.2. The average molecular weight is 449 g/mol. The number of para-hydroxylation sites is 3. The summed E-state index contributed by atoms with van der Waals surface area (Å²) in [5.41, 5.74) is -0.0688. The molecule has 33 heavy (non-hydrogen) atoms. The van der Waals surface area contributed by atoms with Crippen molar-refractivity contribution in [2.75, 3.05) is 18.5 Å². The Labute approximate surface area is 187 Å². The Morgan fingerprint density at radius 1 is 1.03 bits per heavy atom. The summed E-state index contributed by atoms with van der Waals surface area (Å²) in [5, 5.41) is 26.4. The van der Waals surface area contributed by atoms with Crippen LogP contribution in [0.4, 0.5) is 17.1 Å². The first-order valence-electron chi connectivity index (χ1n) is 9.97. The van der Waals surface area contributed by atoms with Crippen molar-refractivity contribution in [3.05, 3.63) is 88.0 Å². The van der Waals surface area contributed by atoms with Gasteiger partial charge >= 0.3 is 5.97 Å². The highest BCUT2D eigenvalue weighted by Crippen LogP contribution is 2.31. The third-order valence-corrected chi connectivity index (χ3v) is 4.94. The molecule has 0 aromatic heterocycles. The molecule has 168 valence electrons. The van der Waals surface area contributed by atoms with Crippen molar-refractivity contribution >= 4 is 28.9 Å². The lowest BCUT2D eigenvalue weighted by Gasteiger charge is -2.26. The molecule has 1 aliphatic rings. The highest BCUT2D eigenvalue weighted by Gasteiger charge is 2.23. The van der Waals surface area contributed by atoms with Gasteiger partial charge in [0.25, 0.3) is 11.6 Å². The van der Waals surface area contributed by atoms with Crippen LogP contribution in [0, 0.1) is 10.1 Å². The number of nitro groups is 1. The quantitative estimate of drug-likeness (QED) is 0.367. The number of benzene rings is 3. The number of anilines is 2. The summed E-state index contributed by atoms with van der Waals surface area (Å²) in [4.78, 5) is 35.0. The fraction of sp³-hybridized carbons (Fsp3) is 0.130. The van der Waals surface area contributed by atoms with Gasteiger partial charge in [0, 0.05) is 11.6 Å². The molecule has 0 bridgehead atoms. The third-order valence-electron chi connectivity index (χ3n) is 4.94. The molecule has 0 aliphatic carbocycles. The van der Waals surface area contributed by atoms with Crippen molar-refractivity contribution in [1.82, 2.24) is 5.32 Å². The number of rotatable bonds is 7. The van der Waals surface area contributed by atoms with Gasteiger partial charge in [-0.1, -0.05) is 24.3 Å². The number of carbonyl (C=O) groups excluding carboxylic acids is 1. The molecule has 10 nitrogen and oxygen atoms in total. The predicted octanol–water partition coefficient (Wildman–Crippen LogP) is 3.61. The Morgan fingerprint density at radius 3 is 2.52 bits per heavy atom. The predicted molar refractivity (Wildman–Crippen MR) is 118 cm³/mol. The van der Waals surface area contributed by atoms with Crippen LogP contribution in [0.5, 0.6) is 11.5 Å². The Morgan fingerprint density at radius 2 is 1.76 bits per heavy atom. The molecule has 0 spiro atoms. The molecule has 3 aromatic rings. The number of nitrogens with zero attached hydrogens (tertiary/aromatic N) is 1. The first kappa shape index (κ1) is 21.6. The van der Waals surface area contributed by atoms with Gasteiger partial charge in [0.05, 0.1) is 22.7 Å². The highest BCUT2D eigenvalue weighted by atomic mass is 16.6. The number of hydrogen-bond donors (Lipinski definition) is 3. The van der Waals surface area contributed by atoms with E-state index >= 15 is 0 Å². The number of nitro benzene ring substituents is 1. The van der Waals surface area contributed by atoms with E-state index in [9.17, 15) is 24.8 Å². The SMILES string of the molecule is O=C(NCC1COc2ccccc2O1)c1ccc(Nc2ccccc2C(=O)O)c([N+](=O)[O-])c1. The molecule has 4 rings (SSSR count). The van der Waals surface area contributed by atoms with Crippen molar-refractivity contribution in [2.24, 2.45) is 0 Å². The second kappa shape index (κ2) is 9.27. The number of amides is 1. The monoisotopic (exact) mass is 449 g/mol. The topological polar surface area (TPSA) is 140 Å². The molecule has 1 aliphatic heterocycles. The zero-order chi connectivity index (χ0) is 23.4. The van der Waals surface area contributed by atoms with E-state index in [4.69, 9.17) is 9.47 Å². The van der Waals surface area contributed by atoms with Gasteiger partial charge in [-0.05, 0) is 36.4 Å². The minimum absolute atomic E-state index is 0.0371. The van der Waals surface area contributed by atoms with Crippen molar-refractivity contribution in [2.45, 2.75) is 6.10 Å². The molecule has 0 radical (unpaired) electrons. The van der Waals surface area contributed by atoms with E-state index in [1.165, 1.54) is 24.3 Å². The van der Waals surface area contributed by atoms with Gasteiger partial charge < -0.3 is 25.2 Å². The number of carboxylic acids is 1. The molecule has 1 atom stereocenters. The van der Waals surface area contributed by atoms with E-state index in [1.807, 2.05) is 12.1 Å². The summed E-state index contributed by atoms with van der Waals surface area (Å²) in [6, 6.07) is 17.1. The van der Waals surface area contributed by atoms with Gasteiger partial charge in [0.1, 0.15) is 18.4 Å². The number of nitrogens with one attached hydrogen (secondary N) is 2. The van der Waals surface area contributed by atoms with Crippen molar-refractivity contribution in [3.8, 4) is 11.5 Å². The van der Waals surface area contributed by atoms with E-state index in [2.05, 4.69) is 10.6 Å². The van der Waals surface area contributed by atoms with E-state index in [0.29, 0.717) is 11.5 Å². The second-order valence-corrected chi connectivity index (χ2v) is 7.17. The highest BCUT2D eigenvalue weighted by molar-refractivity contribution is 5.97. The fourth-order valence-corrected chi connectivity index (χ4v) is 3.33. The van der Waals surface area contributed by atoms with E-state index in [-0.39, 0.29) is 41.3 Å². The smallest absolute Gasteiger partial charge is 0.337 e. The van der Waals surface area contributed by atoms with Crippen LogP contribution in [0.2, 0.25) is 0 Å². The summed E-state index contributed by atoms with van der Waals surface area (Å²) in [6.07, 6.45) is -0.410. The molecule has 10 heteroatoms. The van der Waals surface area contributed by atoms with E-state index in [0.717, 1.165) is 6.07 Å². The van der Waals surface area contributed by atoms with Crippen LogP contribution < -0.4 is 20.1 Å². The molecular formula is C23H19N3O7. The summed E-state index contributed by atoms with van der Waals surface area (Å²) >= 11 is 0. The molecule has 1 amide bonds. The number of aromatic carboxylic acids is 1. The van der Waals surface area contributed by atoms with Gasteiger partial charge in [0.2, 0.25) is 0 Å². The van der Waals surface area contributed by atoms with Crippen LogP contribution in [0.15, 0.2) is 66.7 Å². The lowest BCUT2D eigenvalue weighted by molar-refractivity contribution is -0.383. The van der Waals surface area contributed by atoms with E-state index in [1.54, 1.807) is 24.3 Å². The maximum Gasteiger partial charge on any atom is 0.337 e. The molecule has 3 aromatic carbocycles. The Bertz CT molecular complexity index is 1230. The van der Waals surface area contributed by atoms with Gasteiger partial charge in [-0.2, -0.15) is 0 Å². The fourth-order valence-electron chi connectivity index (χ4n) is 3.33. The maximum absolute atomic E-state index is 12.6. The number of carbonyl (C=O) groups is 2. The summed E-state index contributed by atoms with van der Waals surface area (Å²) < 4.78 is 11.4. The van der Waals surface area contributed by atoms with Crippen molar-refractivity contribution < 1.29 is 29.1 Å². The largest absolute Gasteiger partial charge is 0.486 e. The number of hydrogen-bond acceptors (Lipinski definition) is 7. The standard InChI is InChI=1S/C23H19N3O7/c27-22(24-12-15-13-32-20-7-3-4-8-21(20)33-15)14-9-10-18(19(11-14)26(30)31)25-17-6-2-1-5-16(17)23(28)29/h1-11,15,25H,12-13H2,(H,24,27)(H,28,29). The number of fused-ring (bicyclic) bond motifs is 1. The minimum Gasteiger partial charge on any atom is -0.486 e. The van der Waals surface area contributed by atoms with Crippen LogP contribution >= 0.6 is 0 Å². The molecular weight excluding hydrogens is 430 g/mol. The molecule has 0 saturated carbocycles. The maximum atomic E-state index is 12.6. The first-order valence-corrected chi connectivity index (χ1v) is 9.97. The van der Waals surface area contributed by atoms with Crippen LogP contribution in [-0.2, 0) is 0 Å². The number of carboxylic acid groups (broad SMARTS) is 1. The molecule has 0 saturated heterocycles. The third kappa shape index (κ3) is 4.85. The lowest BCUT2D eigenvalue weighted by Crippen LogP contribution is -2.40. The molecule has 3 N–H and O–H groups in total. The normalized spacial score (nSPS) is 14.2. The summed E-state index contributed by atoms with van der Waals surface area (Å²) in [5.74, 6) is -0.481. The van der Waals surface area contributed by atoms with Crippen LogP contribution in [0.25, 0.3) is 0 Å². The van der Waals surface area contributed by atoms with Gasteiger partial charge in [-0.15, -0.1) is 0 Å². The summed E-state index contributed by atoms with van der Waals surface area (Å²) in [7, 11) is 0. The molecule has 1 heterocycles. The van der Waals surface area contributed by atoms with Crippen LogP contribution in [0.1, 0.15) is 20.7 Å².